The molecular weight excluding hydrogens is 248 g/mol. The van der Waals surface area contributed by atoms with E-state index in [9.17, 15) is 9.59 Å². The first kappa shape index (κ1) is 15.8. The van der Waals surface area contributed by atoms with Crippen molar-refractivity contribution >= 4 is 12.0 Å². The predicted octanol–water partition coefficient (Wildman–Crippen LogP) is 1.23. The van der Waals surface area contributed by atoms with E-state index in [0.717, 1.165) is 25.7 Å². The highest BCUT2D eigenvalue weighted by atomic mass is 16.4. The molecule has 1 saturated carbocycles. The zero-order chi connectivity index (χ0) is 14.1. The van der Waals surface area contributed by atoms with E-state index in [1.165, 1.54) is 19.3 Å². The van der Waals surface area contributed by atoms with Crippen LogP contribution in [0.3, 0.4) is 0 Å². The van der Waals surface area contributed by atoms with Gasteiger partial charge in [-0.25, -0.2) is 9.59 Å². The summed E-state index contributed by atoms with van der Waals surface area (Å²) in [6, 6.07) is -1.35. The zero-order valence-corrected chi connectivity index (χ0v) is 11.2. The van der Waals surface area contributed by atoms with E-state index in [4.69, 9.17) is 10.2 Å². The van der Waals surface area contributed by atoms with Crippen LogP contribution in [0.5, 0.6) is 0 Å². The molecule has 1 rings (SSSR count). The summed E-state index contributed by atoms with van der Waals surface area (Å²) in [5.74, 6) is -1.12. The first-order valence-corrected chi connectivity index (χ1v) is 7.04. The van der Waals surface area contributed by atoms with Crippen molar-refractivity contribution < 1.29 is 19.8 Å². The van der Waals surface area contributed by atoms with Gasteiger partial charge in [-0.3, -0.25) is 0 Å². The van der Waals surface area contributed by atoms with Gasteiger partial charge in [0, 0.05) is 19.1 Å². The van der Waals surface area contributed by atoms with Crippen LogP contribution in [0.4, 0.5) is 4.79 Å². The summed E-state index contributed by atoms with van der Waals surface area (Å²) in [5.41, 5.74) is 0. The third-order valence-electron chi connectivity index (χ3n) is 3.46. The van der Waals surface area contributed by atoms with Gasteiger partial charge in [-0.15, -0.1) is 0 Å². The number of aliphatic hydroxyl groups excluding tert-OH is 1. The van der Waals surface area contributed by atoms with Gasteiger partial charge in [0.25, 0.3) is 0 Å². The highest BCUT2D eigenvalue weighted by Gasteiger charge is 2.21. The Morgan fingerprint density at radius 2 is 1.68 bits per heavy atom. The zero-order valence-electron chi connectivity index (χ0n) is 11.2. The van der Waals surface area contributed by atoms with Gasteiger partial charge in [0.2, 0.25) is 0 Å². The Kier molecular flexibility index (Phi) is 7.25. The van der Waals surface area contributed by atoms with Crippen LogP contribution in [0.2, 0.25) is 0 Å². The molecule has 1 aliphatic carbocycles. The highest BCUT2D eigenvalue weighted by molar-refractivity contribution is 5.82. The quantitative estimate of drug-likeness (QED) is 0.605. The number of nitrogens with one attached hydrogen (secondary N) is 2. The molecule has 110 valence electrons. The number of carbonyl (C=O) groups is 2. The van der Waals surface area contributed by atoms with E-state index in [2.05, 4.69) is 10.6 Å². The number of carboxylic acids is 1. The number of rotatable bonds is 5. The van der Waals surface area contributed by atoms with Crippen molar-refractivity contribution in [1.82, 2.24) is 10.6 Å². The fourth-order valence-corrected chi connectivity index (χ4v) is 2.37. The van der Waals surface area contributed by atoms with Crippen LogP contribution in [-0.4, -0.2) is 40.9 Å². The smallest absolute Gasteiger partial charge is 0.326 e. The Bertz CT molecular complexity index is 288. The molecule has 6 nitrogen and oxygen atoms in total. The molecule has 0 radical (unpaired) electrons. The third-order valence-corrected chi connectivity index (χ3v) is 3.46. The number of aliphatic carboxylic acids is 1. The molecule has 0 bridgehead atoms. The van der Waals surface area contributed by atoms with Crippen molar-refractivity contribution in [2.24, 2.45) is 0 Å². The van der Waals surface area contributed by atoms with Gasteiger partial charge < -0.3 is 20.8 Å². The molecule has 1 atom stereocenters. The van der Waals surface area contributed by atoms with Crippen molar-refractivity contribution in [1.29, 1.82) is 0 Å². The average molecular weight is 272 g/mol. The summed E-state index contributed by atoms with van der Waals surface area (Å²) in [7, 11) is 0. The summed E-state index contributed by atoms with van der Waals surface area (Å²) in [6.45, 7) is -0.263. The normalized spacial score (nSPS) is 19.0. The lowest BCUT2D eigenvalue weighted by molar-refractivity contribution is -0.139. The number of hydrogen-bond donors (Lipinski definition) is 4. The highest BCUT2D eigenvalue weighted by Crippen LogP contribution is 2.16. The standard InChI is InChI=1S/C13H24N2O4/c16-9-8-11(12(17)18)15-13(19)14-10-6-4-2-1-3-5-7-10/h10-11,16H,1-9H2,(H,17,18)(H2,14,15,19)/t11-/m0/s1. The molecule has 4 N–H and O–H groups in total. The van der Waals surface area contributed by atoms with Crippen LogP contribution >= 0.6 is 0 Å². The summed E-state index contributed by atoms with van der Waals surface area (Å²) < 4.78 is 0. The van der Waals surface area contributed by atoms with Gasteiger partial charge in [0.05, 0.1) is 0 Å². The van der Waals surface area contributed by atoms with Gasteiger partial charge in [-0.1, -0.05) is 32.1 Å². The number of carbonyl (C=O) groups excluding carboxylic acids is 1. The molecule has 0 heterocycles. The largest absolute Gasteiger partial charge is 0.480 e. The maximum absolute atomic E-state index is 11.7. The molecule has 0 saturated heterocycles. The second-order valence-corrected chi connectivity index (χ2v) is 5.06. The third kappa shape index (κ3) is 6.42. The number of amides is 2. The van der Waals surface area contributed by atoms with Crippen LogP contribution in [0.15, 0.2) is 0 Å². The molecule has 0 aromatic heterocycles. The Balaban J connectivity index is 2.37. The van der Waals surface area contributed by atoms with E-state index >= 15 is 0 Å². The maximum atomic E-state index is 11.7. The molecule has 0 aromatic rings. The molecule has 0 aliphatic heterocycles. The number of aliphatic hydroxyl groups is 1. The molecule has 2 amide bonds. The monoisotopic (exact) mass is 272 g/mol. The molecule has 19 heavy (non-hydrogen) atoms. The SMILES string of the molecule is O=C(NC1CCCCCCC1)N[C@@H](CCO)C(=O)O. The van der Waals surface area contributed by atoms with E-state index < -0.39 is 18.0 Å². The number of urea groups is 1. The van der Waals surface area contributed by atoms with Gasteiger partial charge in [0.1, 0.15) is 6.04 Å². The van der Waals surface area contributed by atoms with Gasteiger partial charge >= 0.3 is 12.0 Å². The summed E-state index contributed by atoms with van der Waals surface area (Å²) in [5, 5.41) is 22.9. The first-order valence-electron chi connectivity index (χ1n) is 7.04. The van der Waals surface area contributed by atoms with Crippen molar-refractivity contribution in [2.75, 3.05) is 6.61 Å². The van der Waals surface area contributed by atoms with Gasteiger partial charge in [-0.2, -0.15) is 0 Å². The van der Waals surface area contributed by atoms with Crippen LogP contribution in [0.1, 0.15) is 51.4 Å². The summed E-state index contributed by atoms with van der Waals surface area (Å²) >= 11 is 0. The van der Waals surface area contributed by atoms with Crippen molar-refractivity contribution in [3.8, 4) is 0 Å². The van der Waals surface area contributed by atoms with Crippen LogP contribution in [0, 0.1) is 0 Å². The van der Waals surface area contributed by atoms with Crippen molar-refractivity contribution in [3.05, 3.63) is 0 Å². The lowest BCUT2D eigenvalue weighted by Crippen LogP contribution is -2.49. The molecule has 0 unspecified atom stereocenters. The second-order valence-electron chi connectivity index (χ2n) is 5.06. The first-order chi connectivity index (χ1) is 9.13. The van der Waals surface area contributed by atoms with E-state index in [-0.39, 0.29) is 19.1 Å². The molecule has 0 aromatic carbocycles. The Morgan fingerprint density at radius 1 is 1.11 bits per heavy atom. The molecule has 0 spiro atoms. The minimum atomic E-state index is -1.12. The minimum absolute atomic E-state index is 0.0213. The van der Waals surface area contributed by atoms with Crippen LogP contribution in [-0.2, 0) is 4.79 Å². The Labute approximate surface area is 113 Å². The van der Waals surface area contributed by atoms with Gasteiger partial charge in [-0.05, 0) is 12.8 Å². The fourth-order valence-electron chi connectivity index (χ4n) is 2.37. The molecular formula is C13H24N2O4. The number of carboxylic acid groups (broad SMARTS) is 1. The van der Waals surface area contributed by atoms with Crippen molar-refractivity contribution in [2.45, 2.75) is 63.5 Å². The Hall–Kier alpha value is -1.30. The topological polar surface area (TPSA) is 98.7 Å². The van der Waals surface area contributed by atoms with Crippen LogP contribution in [0.25, 0.3) is 0 Å². The van der Waals surface area contributed by atoms with Crippen molar-refractivity contribution in [3.63, 3.8) is 0 Å². The minimum Gasteiger partial charge on any atom is -0.480 e. The van der Waals surface area contributed by atoms with Crippen LogP contribution < -0.4 is 10.6 Å². The van der Waals surface area contributed by atoms with Gasteiger partial charge in [0.15, 0.2) is 0 Å². The summed E-state index contributed by atoms with van der Waals surface area (Å²) in [6.07, 6.45) is 7.78. The lowest BCUT2D eigenvalue weighted by atomic mass is 9.97. The molecule has 1 aliphatic rings. The predicted molar refractivity (Wildman–Crippen MR) is 70.9 cm³/mol. The number of hydrogen-bond acceptors (Lipinski definition) is 3. The van der Waals surface area contributed by atoms with E-state index in [1.54, 1.807) is 0 Å². The molecule has 6 heteroatoms. The summed E-state index contributed by atoms with van der Waals surface area (Å²) in [4.78, 5) is 22.6. The maximum Gasteiger partial charge on any atom is 0.326 e. The average Bonchev–Trinajstić information content (AvgIpc) is 2.31. The lowest BCUT2D eigenvalue weighted by Gasteiger charge is -2.22. The van der Waals surface area contributed by atoms with E-state index in [0.29, 0.717) is 0 Å². The second kappa shape index (κ2) is 8.74. The molecule has 1 fully saturated rings. The Morgan fingerprint density at radius 3 is 2.21 bits per heavy atom. The van der Waals surface area contributed by atoms with E-state index in [1.807, 2.05) is 0 Å². The fraction of sp³-hybridized carbons (Fsp3) is 0.846.